The van der Waals surface area contributed by atoms with Gasteiger partial charge in [-0.15, -0.1) is 0 Å². The van der Waals surface area contributed by atoms with E-state index in [2.05, 4.69) is 0 Å². The Kier molecular flexibility index (Phi) is 3.92. The van der Waals surface area contributed by atoms with Crippen molar-refractivity contribution in [2.24, 2.45) is 0 Å². The smallest absolute Gasteiger partial charge is 0.124 e. The van der Waals surface area contributed by atoms with E-state index in [1.54, 1.807) is 21.1 Å². The Morgan fingerprint density at radius 1 is 1.36 bits per heavy atom. The van der Waals surface area contributed by atoms with E-state index in [-0.39, 0.29) is 0 Å². The summed E-state index contributed by atoms with van der Waals surface area (Å²) in [7, 11) is 3.25. The van der Waals surface area contributed by atoms with E-state index in [9.17, 15) is 5.11 Å². The van der Waals surface area contributed by atoms with E-state index in [0.717, 1.165) is 16.9 Å². The maximum absolute atomic E-state index is 9.40. The van der Waals surface area contributed by atoms with E-state index in [1.807, 2.05) is 18.2 Å². The second-order valence-corrected chi connectivity index (χ2v) is 3.18. The number of hydrogen-bond donors (Lipinski definition) is 1. The van der Waals surface area contributed by atoms with Crippen LogP contribution in [0, 0.1) is 0 Å². The topological polar surface area (TPSA) is 38.7 Å². The lowest BCUT2D eigenvalue weighted by Crippen LogP contribution is -1.98. The molecule has 0 fully saturated rings. The first-order chi connectivity index (χ1) is 6.69. The summed E-state index contributed by atoms with van der Waals surface area (Å²) in [6.45, 7) is 2.22. The Morgan fingerprint density at radius 3 is 2.57 bits per heavy atom. The Hall–Kier alpha value is -1.06. The van der Waals surface area contributed by atoms with Crippen LogP contribution in [0.2, 0.25) is 0 Å². The van der Waals surface area contributed by atoms with E-state index in [0.29, 0.717) is 6.61 Å². The van der Waals surface area contributed by atoms with Gasteiger partial charge in [0.25, 0.3) is 0 Å². The summed E-state index contributed by atoms with van der Waals surface area (Å²) in [5, 5.41) is 9.40. The molecule has 3 heteroatoms. The maximum atomic E-state index is 9.40. The lowest BCUT2D eigenvalue weighted by molar-refractivity contribution is 0.179. The molecule has 0 aliphatic rings. The zero-order chi connectivity index (χ0) is 10.6. The zero-order valence-corrected chi connectivity index (χ0v) is 8.78. The molecular formula is C11H16O3. The van der Waals surface area contributed by atoms with Crippen molar-refractivity contribution in [3.63, 3.8) is 0 Å². The number of ether oxygens (including phenoxy) is 2. The second kappa shape index (κ2) is 4.98. The van der Waals surface area contributed by atoms with E-state index < -0.39 is 6.10 Å². The van der Waals surface area contributed by atoms with Crippen LogP contribution in [0.3, 0.4) is 0 Å². The van der Waals surface area contributed by atoms with Gasteiger partial charge in [-0.2, -0.15) is 0 Å². The minimum atomic E-state index is -0.462. The van der Waals surface area contributed by atoms with Gasteiger partial charge in [-0.3, -0.25) is 0 Å². The molecule has 0 aromatic heterocycles. The summed E-state index contributed by atoms with van der Waals surface area (Å²) in [6.07, 6.45) is -0.462. The molecular weight excluding hydrogens is 180 g/mol. The van der Waals surface area contributed by atoms with E-state index >= 15 is 0 Å². The second-order valence-electron chi connectivity index (χ2n) is 3.18. The first kappa shape index (κ1) is 11.0. The highest BCUT2D eigenvalue weighted by molar-refractivity contribution is 5.37. The highest BCUT2D eigenvalue weighted by Crippen LogP contribution is 2.23. The summed E-state index contributed by atoms with van der Waals surface area (Å²) >= 11 is 0. The van der Waals surface area contributed by atoms with Crippen LogP contribution in [-0.4, -0.2) is 19.3 Å². The number of aliphatic hydroxyl groups is 1. The minimum absolute atomic E-state index is 0.462. The van der Waals surface area contributed by atoms with Crippen LogP contribution >= 0.6 is 0 Å². The molecule has 1 aromatic carbocycles. The Labute approximate surface area is 84.3 Å². The van der Waals surface area contributed by atoms with Gasteiger partial charge < -0.3 is 14.6 Å². The Balaban J connectivity index is 3.01. The molecule has 0 amide bonds. The fourth-order valence-corrected chi connectivity index (χ4v) is 1.33. The third-order valence-corrected chi connectivity index (χ3v) is 2.09. The van der Waals surface area contributed by atoms with Gasteiger partial charge >= 0.3 is 0 Å². The number of methoxy groups -OCH3 is 2. The third kappa shape index (κ3) is 2.47. The van der Waals surface area contributed by atoms with Crippen LogP contribution in [0.5, 0.6) is 5.75 Å². The van der Waals surface area contributed by atoms with Gasteiger partial charge in [0.15, 0.2) is 0 Å². The molecule has 1 atom stereocenters. The molecule has 78 valence electrons. The van der Waals surface area contributed by atoms with Crippen LogP contribution in [0.25, 0.3) is 0 Å². The maximum Gasteiger partial charge on any atom is 0.124 e. The number of rotatable bonds is 4. The molecule has 0 bridgehead atoms. The van der Waals surface area contributed by atoms with Gasteiger partial charge in [-0.25, -0.2) is 0 Å². The minimum Gasteiger partial charge on any atom is -0.496 e. The van der Waals surface area contributed by atoms with Gasteiger partial charge in [-0.1, -0.05) is 6.07 Å². The van der Waals surface area contributed by atoms with Crippen molar-refractivity contribution in [3.8, 4) is 5.75 Å². The Morgan fingerprint density at radius 2 is 2.07 bits per heavy atom. The molecule has 14 heavy (non-hydrogen) atoms. The molecule has 1 N–H and O–H groups in total. The predicted octanol–water partition coefficient (Wildman–Crippen LogP) is 1.89. The van der Waals surface area contributed by atoms with Crippen molar-refractivity contribution in [3.05, 3.63) is 29.3 Å². The van der Waals surface area contributed by atoms with Crippen molar-refractivity contribution in [2.75, 3.05) is 14.2 Å². The standard InChI is InChI=1S/C11H16O3/c1-8(12)9-4-5-11(14-3)10(6-9)7-13-2/h4-6,8,12H,7H2,1-3H3/t8-/m1/s1. The van der Waals surface area contributed by atoms with Crippen molar-refractivity contribution < 1.29 is 14.6 Å². The van der Waals surface area contributed by atoms with Crippen molar-refractivity contribution in [2.45, 2.75) is 19.6 Å². The van der Waals surface area contributed by atoms with Gasteiger partial charge in [0.05, 0.1) is 19.8 Å². The Bertz CT molecular complexity index is 295. The molecule has 0 saturated heterocycles. The van der Waals surface area contributed by atoms with Crippen LogP contribution in [0.15, 0.2) is 18.2 Å². The average molecular weight is 196 g/mol. The lowest BCUT2D eigenvalue weighted by atomic mass is 10.1. The van der Waals surface area contributed by atoms with Crippen LogP contribution < -0.4 is 4.74 Å². The fourth-order valence-electron chi connectivity index (χ4n) is 1.33. The SMILES string of the molecule is COCc1cc([C@@H](C)O)ccc1OC. The fraction of sp³-hybridized carbons (Fsp3) is 0.455. The lowest BCUT2D eigenvalue weighted by Gasteiger charge is -2.11. The highest BCUT2D eigenvalue weighted by Gasteiger charge is 2.06. The van der Waals surface area contributed by atoms with Crippen molar-refractivity contribution in [1.82, 2.24) is 0 Å². The van der Waals surface area contributed by atoms with Crippen LogP contribution in [0.4, 0.5) is 0 Å². The number of aliphatic hydroxyl groups excluding tert-OH is 1. The normalized spacial score (nSPS) is 12.6. The summed E-state index contributed by atoms with van der Waals surface area (Å²) in [5.41, 5.74) is 1.83. The third-order valence-electron chi connectivity index (χ3n) is 2.09. The van der Waals surface area contributed by atoms with Crippen molar-refractivity contribution in [1.29, 1.82) is 0 Å². The first-order valence-electron chi connectivity index (χ1n) is 4.53. The zero-order valence-electron chi connectivity index (χ0n) is 8.78. The molecule has 0 unspecified atom stereocenters. The van der Waals surface area contributed by atoms with Gasteiger partial charge in [0.1, 0.15) is 5.75 Å². The van der Waals surface area contributed by atoms with Crippen LogP contribution in [0.1, 0.15) is 24.2 Å². The first-order valence-corrected chi connectivity index (χ1v) is 4.53. The van der Waals surface area contributed by atoms with Gasteiger partial charge in [0, 0.05) is 12.7 Å². The van der Waals surface area contributed by atoms with E-state index in [1.165, 1.54) is 0 Å². The monoisotopic (exact) mass is 196 g/mol. The largest absolute Gasteiger partial charge is 0.496 e. The van der Waals surface area contributed by atoms with Crippen molar-refractivity contribution >= 4 is 0 Å². The summed E-state index contributed by atoms with van der Waals surface area (Å²) < 4.78 is 10.2. The molecule has 0 heterocycles. The molecule has 0 aliphatic carbocycles. The van der Waals surface area contributed by atoms with E-state index in [4.69, 9.17) is 9.47 Å². The van der Waals surface area contributed by atoms with Gasteiger partial charge in [0.2, 0.25) is 0 Å². The molecule has 0 radical (unpaired) electrons. The molecule has 0 saturated carbocycles. The summed E-state index contributed by atoms with van der Waals surface area (Å²) in [4.78, 5) is 0. The molecule has 1 rings (SSSR count). The van der Waals surface area contributed by atoms with Gasteiger partial charge in [-0.05, 0) is 24.6 Å². The molecule has 0 spiro atoms. The number of hydrogen-bond acceptors (Lipinski definition) is 3. The molecule has 1 aromatic rings. The summed E-state index contributed by atoms with van der Waals surface area (Å²) in [5.74, 6) is 0.788. The number of benzene rings is 1. The average Bonchev–Trinajstić information content (AvgIpc) is 2.18. The molecule has 0 aliphatic heterocycles. The summed E-state index contributed by atoms with van der Waals surface area (Å²) in [6, 6.07) is 5.59. The predicted molar refractivity (Wildman–Crippen MR) is 54.3 cm³/mol. The molecule has 3 nitrogen and oxygen atoms in total. The quantitative estimate of drug-likeness (QED) is 0.799. The van der Waals surface area contributed by atoms with Crippen LogP contribution in [-0.2, 0) is 11.3 Å². The highest BCUT2D eigenvalue weighted by atomic mass is 16.5.